The van der Waals surface area contributed by atoms with E-state index in [0.717, 1.165) is 12.8 Å². The predicted octanol–water partition coefficient (Wildman–Crippen LogP) is 1.62. The molecular formula is C15H14N4O2. The van der Waals surface area contributed by atoms with Crippen molar-refractivity contribution in [1.29, 1.82) is 0 Å². The first-order chi connectivity index (χ1) is 10.2. The summed E-state index contributed by atoms with van der Waals surface area (Å²) in [5.74, 6) is -0.463. The SMILES string of the molecule is O=C(Nc1nccnc1C(=O)NC1CC1)c1ccccc1. The van der Waals surface area contributed by atoms with E-state index < -0.39 is 0 Å². The third-order valence-corrected chi connectivity index (χ3v) is 3.09. The molecule has 1 aromatic carbocycles. The van der Waals surface area contributed by atoms with Gasteiger partial charge in [-0.05, 0) is 25.0 Å². The Labute approximate surface area is 121 Å². The smallest absolute Gasteiger partial charge is 0.273 e. The van der Waals surface area contributed by atoms with Gasteiger partial charge in [-0.2, -0.15) is 0 Å². The third-order valence-electron chi connectivity index (χ3n) is 3.09. The van der Waals surface area contributed by atoms with Crippen molar-refractivity contribution in [1.82, 2.24) is 15.3 Å². The Morgan fingerprint density at radius 2 is 1.71 bits per heavy atom. The number of hydrogen-bond acceptors (Lipinski definition) is 4. The van der Waals surface area contributed by atoms with Crippen molar-refractivity contribution in [3.05, 3.63) is 54.0 Å². The van der Waals surface area contributed by atoms with Crippen LogP contribution in [0, 0.1) is 0 Å². The lowest BCUT2D eigenvalue weighted by atomic mass is 10.2. The van der Waals surface area contributed by atoms with Crippen LogP contribution in [0.25, 0.3) is 0 Å². The van der Waals surface area contributed by atoms with E-state index in [1.54, 1.807) is 24.3 Å². The number of nitrogens with zero attached hydrogens (tertiary/aromatic N) is 2. The summed E-state index contributed by atoms with van der Waals surface area (Å²) in [7, 11) is 0. The number of anilines is 1. The van der Waals surface area contributed by atoms with Gasteiger partial charge in [-0.15, -0.1) is 0 Å². The lowest BCUT2D eigenvalue weighted by Crippen LogP contribution is -2.28. The molecular weight excluding hydrogens is 268 g/mol. The van der Waals surface area contributed by atoms with Gasteiger partial charge in [0.1, 0.15) is 0 Å². The zero-order chi connectivity index (χ0) is 14.7. The summed E-state index contributed by atoms with van der Waals surface area (Å²) < 4.78 is 0. The highest BCUT2D eigenvalue weighted by Gasteiger charge is 2.26. The molecule has 1 fully saturated rings. The minimum Gasteiger partial charge on any atom is -0.348 e. The van der Waals surface area contributed by atoms with E-state index in [9.17, 15) is 9.59 Å². The molecule has 0 unspecified atom stereocenters. The molecule has 2 amide bonds. The van der Waals surface area contributed by atoms with Crippen molar-refractivity contribution in [2.45, 2.75) is 18.9 Å². The second-order valence-corrected chi connectivity index (χ2v) is 4.82. The van der Waals surface area contributed by atoms with Gasteiger partial charge in [0.2, 0.25) is 0 Å². The van der Waals surface area contributed by atoms with E-state index in [0.29, 0.717) is 5.56 Å². The van der Waals surface area contributed by atoms with Crippen LogP contribution in [0.5, 0.6) is 0 Å². The van der Waals surface area contributed by atoms with Gasteiger partial charge in [-0.1, -0.05) is 18.2 Å². The Balaban J connectivity index is 1.78. The largest absolute Gasteiger partial charge is 0.348 e. The molecule has 2 aromatic rings. The first-order valence-corrected chi connectivity index (χ1v) is 6.72. The quantitative estimate of drug-likeness (QED) is 0.892. The number of benzene rings is 1. The van der Waals surface area contributed by atoms with E-state index in [-0.39, 0.29) is 29.4 Å². The maximum absolute atomic E-state index is 12.1. The maximum atomic E-state index is 12.1. The number of hydrogen-bond donors (Lipinski definition) is 2. The minimum absolute atomic E-state index is 0.133. The van der Waals surface area contributed by atoms with Crippen LogP contribution in [0.2, 0.25) is 0 Å². The summed E-state index contributed by atoms with van der Waals surface area (Å²) in [6, 6.07) is 8.97. The molecule has 0 saturated heterocycles. The molecule has 0 aliphatic heterocycles. The average Bonchev–Trinajstić information content (AvgIpc) is 3.32. The van der Waals surface area contributed by atoms with Gasteiger partial charge in [0.05, 0.1) is 0 Å². The second kappa shape index (κ2) is 5.70. The van der Waals surface area contributed by atoms with E-state index in [4.69, 9.17) is 0 Å². The van der Waals surface area contributed by atoms with E-state index in [2.05, 4.69) is 20.6 Å². The lowest BCUT2D eigenvalue weighted by molar-refractivity contribution is 0.0946. The summed E-state index contributed by atoms with van der Waals surface area (Å²) in [5, 5.41) is 5.46. The highest BCUT2D eigenvalue weighted by molar-refractivity contribution is 6.07. The molecule has 0 bridgehead atoms. The van der Waals surface area contributed by atoms with Gasteiger partial charge >= 0.3 is 0 Å². The number of carbonyl (C=O) groups is 2. The molecule has 6 heteroatoms. The average molecular weight is 282 g/mol. The molecule has 6 nitrogen and oxygen atoms in total. The van der Waals surface area contributed by atoms with Crippen molar-refractivity contribution < 1.29 is 9.59 Å². The Morgan fingerprint density at radius 3 is 2.43 bits per heavy atom. The lowest BCUT2D eigenvalue weighted by Gasteiger charge is -2.09. The Morgan fingerprint density at radius 1 is 1.00 bits per heavy atom. The minimum atomic E-state index is -0.323. The monoisotopic (exact) mass is 282 g/mol. The fourth-order valence-corrected chi connectivity index (χ4v) is 1.85. The highest BCUT2D eigenvalue weighted by atomic mass is 16.2. The van der Waals surface area contributed by atoms with Crippen LogP contribution in [0.1, 0.15) is 33.7 Å². The molecule has 1 saturated carbocycles. The summed E-state index contributed by atoms with van der Waals surface area (Å²) in [5.41, 5.74) is 0.630. The summed E-state index contributed by atoms with van der Waals surface area (Å²) in [6.07, 6.45) is 4.84. The number of carbonyl (C=O) groups excluding carboxylic acids is 2. The van der Waals surface area contributed by atoms with Crippen LogP contribution in [0.15, 0.2) is 42.7 Å². The zero-order valence-corrected chi connectivity index (χ0v) is 11.2. The number of rotatable bonds is 4. The van der Waals surface area contributed by atoms with Crippen LogP contribution in [0.4, 0.5) is 5.82 Å². The number of amides is 2. The number of aromatic nitrogens is 2. The van der Waals surface area contributed by atoms with Gasteiger partial charge < -0.3 is 10.6 Å². The first kappa shape index (κ1) is 13.2. The van der Waals surface area contributed by atoms with Crippen LogP contribution in [0.3, 0.4) is 0 Å². The molecule has 1 heterocycles. The molecule has 0 radical (unpaired) electrons. The molecule has 1 aromatic heterocycles. The number of nitrogens with one attached hydrogen (secondary N) is 2. The standard InChI is InChI=1S/C15H14N4O2/c20-14(10-4-2-1-3-5-10)19-13-12(16-8-9-17-13)15(21)18-11-6-7-11/h1-5,8-9,11H,6-7H2,(H,18,21)(H,17,19,20). The van der Waals surface area contributed by atoms with E-state index >= 15 is 0 Å². The van der Waals surface area contributed by atoms with Gasteiger partial charge in [-0.25, -0.2) is 9.97 Å². The molecule has 3 rings (SSSR count). The van der Waals surface area contributed by atoms with Gasteiger partial charge in [-0.3, -0.25) is 9.59 Å². The highest BCUT2D eigenvalue weighted by Crippen LogP contribution is 2.20. The second-order valence-electron chi connectivity index (χ2n) is 4.82. The Hall–Kier alpha value is -2.76. The fraction of sp³-hybridized carbons (Fsp3) is 0.200. The predicted molar refractivity (Wildman–Crippen MR) is 76.9 cm³/mol. The van der Waals surface area contributed by atoms with Crippen LogP contribution in [-0.4, -0.2) is 27.8 Å². The normalized spacial score (nSPS) is 13.5. The maximum Gasteiger partial charge on any atom is 0.273 e. The Bertz CT molecular complexity index is 668. The molecule has 21 heavy (non-hydrogen) atoms. The molecule has 0 spiro atoms. The molecule has 2 N–H and O–H groups in total. The molecule has 106 valence electrons. The molecule has 1 aliphatic carbocycles. The van der Waals surface area contributed by atoms with Gasteiger partial charge in [0.25, 0.3) is 11.8 Å². The van der Waals surface area contributed by atoms with Crippen LogP contribution in [-0.2, 0) is 0 Å². The van der Waals surface area contributed by atoms with Crippen molar-refractivity contribution in [3.8, 4) is 0 Å². The topological polar surface area (TPSA) is 84.0 Å². The Kier molecular flexibility index (Phi) is 3.59. The summed E-state index contributed by atoms with van der Waals surface area (Å²) >= 11 is 0. The van der Waals surface area contributed by atoms with Crippen LogP contribution < -0.4 is 10.6 Å². The van der Waals surface area contributed by atoms with Crippen molar-refractivity contribution in [2.75, 3.05) is 5.32 Å². The van der Waals surface area contributed by atoms with Crippen molar-refractivity contribution in [2.24, 2.45) is 0 Å². The van der Waals surface area contributed by atoms with E-state index in [1.807, 2.05) is 6.07 Å². The van der Waals surface area contributed by atoms with E-state index in [1.165, 1.54) is 12.4 Å². The first-order valence-electron chi connectivity index (χ1n) is 6.72. The van der Waals surface area contributed by atoms with Crippen LogP contribution >= 0.6 is 0 Å². The van der Waals surface area contributed by atoms with Crippen molar-refractivity contribution in [3.63, 3.8) is 0 Å². The summed E-state index contributed by atoms with van der Waals surface area (Å²) in [4.78, 5) is 32.2. The van der Waals surface area contributed by atoms with Crippen molar-refractivity contribution >= 4 is 17.6 Å². The summed E-state index contributed by atoms with van der Waals surface area (Å²) in [6.45, 7) is 0. The third kappa shape index (κ3) is 3.22. The van der Waals surface area contributed by atoms with Gasteiger partial charge in [0.15, 0.2) is 11.5 Å². The zero-order valence-electron chi connectivity index (χ0n) is 11.2. The molecule has 0 atom stereocenters. The van der Waals surface area contributed by atoms with Gasteiger partial charge in [0, 0.05) is 24.0 Å². The fourth-order valence-electron chi connectivity index (χ4n) is 1.85. The molecule has 1 aliphatic rings.